The highest BCUT2D eigenvalue weighted by atomic mass is 19.1. The van der Waals surface area contributed by atoms with E-state index in [9.17, 15) is 4.39 Å². The lowest BCUT2D eigenvalue weighted by molar-refractivity contribution is 0.132. The summed E-state index contributed by atoms with van der Waals surface area (Å²) in [7, 11) is 0. The van der Waals surface area contributed by atoms with Crippen molar-refractivity contribution in [2.24, 2.45) is 5.92 Å². The van der Waals surface area contributed by atoms with Crippen molar-refractivity contribution in [2.75, 3.05) is 13.2 Å². The van der Waals surface area contributed by atoms with Gasteiger partial charge >= 0.3 is 0 Å². The fourth-order valence-electron chi connectivity index (χ4n) is 2.17. The summed E-state index contributed by atoms with van der Waals surface area (Å²) in [6.07, 6.45) is 3.06. The van der Waals surface area contributed by atoms with Crippen LogP contribution >= 0.6 is 0 Å². The maximum absolute atomic E-state index is 13.2. The molecule has 2 nitrogen and oxygen atoms in total. The molecule has 0 fully saturated rings. The molecule has 0 radical (unpaired) electrons. The topological polar surface area (TPSA) is 14.2 Å². The first-order valence-electron chi connectivity index (χ1n) is 6.53. The molecule has 0 saturated heterocycles. The summed E-state index contributed by atoms with van der Waals surface area (Å²) in [6.45, 7) is 6.67. The molecule has 98 valence electrons. The quantitative estimate of drug-likeness (QED) is 0.709. The van der Waals surface area contributed by atoms with Crippen LogP contribution in [0.1, 0.15) is 20.3 Å². The first-order chi connectivity index (χ1) is 8.70. The third-order valence-electron chi connectivity index (χ3n) is 3.20. The Morgan fingerprint density at radius 1 is 1.33 bits per heavy atom. The van der Waals surface area contributed by atoms with Crippen LogP contribution in [0.2, 0.25) is 0 Å². The van der Waals surface area contributed by atoms with E-state index in [1.807, 2.05) is 25.3 Å². The van der Waals surface area contributed by atoms with E-state index >= 15 is 0 Å². The van der Waals surface area contributed by atoms with Gasteiger partial charge in [0.05, 0.1) is 5.52 Å². The van der Waals surface area contributed by atoms with Crippen molar-refractivity contribution >= 4 is 10.9 Å². The maximum Gasteiger partial charge on any atom is 0.125 e. The normalized spacial score (nSPS) is 13.1. The van der Waals surface area contributed by atoms with Gasteiger partial charge in [0.25, 0.3) is 0 Å². The van der Waals surface area contributed by atoms with Crippen molar-refractivity contribution in [1.29, 1.82) is 0 Å². The fraction of sp³-hybridized carbons (Fsp3) is 0.467. The minimum absolute atomic E-state index is 0.176. The standard InChI is InChI=1S/C15H20FNO/c1-3-18-9-7-12(2)11-17-8-6-13-4-5-14(16)10-15(13)17/h4-6,8,10,12H,3,7,9,11H2,1-2H3. The average Bonchev–Trinajstić information content (AvgIpc) is 2.72. The number of rotatable bonds is 6. The molecule has 1 atom stereocenters. The zero-order valence-corrected chi connectivity index (χ0v) is 11.0. The minimum Gasteiger partial charge on any atom is -0.382 e. The molecule has 1 aromatic carbocycles. The summed E-state index contributed by atoms with van der Waals surface area (Å²) < 4.78 is 20.7. The number of fused-ring (bicyclic) bond motifs is 1. The molecule has 0 bridgehead atoms. The number of aromatic nitrogens is 1. The second-order valence-electron chi connectivity index (χ2n) is 4.76. The van der Waals surface area contributed by atoms with E-state index in [-0.39, 0.29) is 5.82 Å². The summed E-state index contributed by atoms with van der Waals surface area (Å²) in [5.74, 6) is 0.347. The highest BCUT2D eigenvalue weighted by Crippen LogP contribution is 2.19. The van der Waals surface area contributed by atoms with E-state index in [2.05, 4.69) is 11.5 Å². The van der Waals surface area contributed by atoms with Crippen LogP contribution in [0.4, 0.5) is 4.39 Å². The number of ether oxygens (including phenoxy) is 1. The Morgan fingerprint density at radius 2 is 2.17 bits per heavy atom. The molecule has 1 heterocycles. The second kappa shape index (κ2) is 6.01. The van der Waals surface area contributed by atoms with E-state index < -0.39 is 0 Å². The zero-order chi connectivity index (χ0) is 13.0. The minimum atomic E-state index is -0.176. The molecule has 2 rings (SSSR count). The SMILES string of the molecule is CCOCCC(C)Cn1ccc2ccc(F)cc21. The van der Waals surface area contributed by atoms with E-state index in [1.165, 1.54) is 6.07 Å². The molecular formula is C15H20FNO. The predicted octanol–water partition coefficient (Wildman–Crippen LogP) is 3.84. The average molecular weight is 249 g/mol. The number of hydrogen-bond acceptors (Lipinski definition) is 1. The summed E-state index contributed by atoms with van der Waals surface area (Å²) >= 11 is 0. The number of hydrogen-bond donors (Lipinski definition) is 0. The van der Waals surface area contributed by atoms with Gasteiger partial charge in [0, 0.05) is 26.0 Å². The van der Waals surface area contributed by atoms with Crippen LogP contribution in [0.15, 0.2) is 30.5 Å². The molecule has 2 aromatic rings. The van der Waals surface area contributed by atoms with Crippen LogP contribution in [-0.4, -0.2) is 17.8 Å². The van der Waals surface area contributed by atoms with Gasteiger partial charge in [-0.15, -0.1) is 0 Å². The molecule has 0 aliphatic carbocycles. The molecule has 0 aliphatic rings. The molecule has 0 amide bonds. The van der Waals surface area contributed by atoms with E-state index in [0.29, 0.717) is 5.92 Å². The monoisotopic (exact) mass is 249 g/mol. The van der Waals surface area contributed by atoms with E-state index in [1.54, 1.807) is 6.07 Å². The Balaban J connectivity index is 2.04. The summed E-state index contributed by atoms with van der Waals surface area (Å²) in [6, 6.07) is 6.96. The summed E-state index contributed by atoms with van der Waals surface area (Å²) in [5, 5.41) is 1.09. The van der Waals surface area contributed by atoms with Crippen molar-refractivity contribution < 1.29 is 9.13 Å². The largest absolute Gasteiger partial charge is 0.382 e. The summed E-state index contributed by atoms with van der Waals surface area (Å²) in [5.41, 5.74) is 0.971. The van der Waals surface area contributed by atoms with Crippen molar-refractivity contribution in [3.05, 3.63) is 36.3 Å². The predicted molar refractivity (Wildman–Crippen MR) is 72.2 cm³/mol. The molecule has 1 aromatic heterocycles. The van der Waals surface area contributed by atoms with E-state index in [0.717, 1.165) is 37.1 Å². The highest BCUT2D eigenvalue weighted by Gasteiger charge is 2.07. The van der Waals surface area contributed by atoms with E-state index in [4.69, 9.17) is 4.74 Å². The lowest BCUT2D eigenvalue weighted by Gasteiger charge is -2.13. The number of nitrogens with zero attached hydrogens (tertiary/aromatic N) is 1. The lowest BCUT2D eigenvalue weighted by Crippen LogP contribution is -2.09. The fourth-order valence-corrected chi connectivity index (χ4v) is 2.17. The van der Waals surface area contributed by atoms with Gasteiger partial charge in [-0.3, -0.25) is 0 Å². The van der Waals surface area contributed by atoms with Crippen LogP contribution in [0.25, 0.3) is 10.9 Å². The van der Waals surface area contributed by atoms with Crippen molar-refractivity contribution in [3.8, 4) is 0 Å². The third-order valence-corrected chi connectivity index (χ3v) is 3.20. The van der Waals surface area contributed by atoms with Crippen LogP contribution in [0, 0.1) is 11.7 Å². The van der Waals surface area contributed by atoms with Crippen LogP contribution in [0.5, 0.6) is 0 Å². The molecule has 0 N–H and O–H groups in total. The van der Waals surface area contributed by atoms with Crippen molar-refractivity contribution in [2.45, 2.75) is 26.8 Å². The Bertz CT molecular complexity index is 506. The van der Waals surface area contributed by atoms with Gasteiger partial charge in [-0.25, -0.2) is 4.39 Å². The van der Waals surface area contributed by atoms with Gasteiger partial charge in [-0.1, -0.05) is 6.92 Å². The number of halogens is 1. The lowest BCUT2D eigenvalue weighted by atomic mass is 10.1. The van der Waals surface area contributed by atoms with Crippen LogP contribution < -0.4 is 0 Å². The van der Waals surface area contributed by atoms with Crippen LogP contribution in [-0.2, 0) is 11.3 Å². The molecule has 0 aliphatic heterocycles. The molecular weight excluding hydrogens is 229 g/mol. The van der Waals surface area contributed by atoms with Gasteiger partial charge in [-0.2, -0.15) is 0 Å². The maximum atomic E-state index is 13.2. The van der Waals surface area contributed by atoms with Gasteiger partial charge in [-0.05, 0) is 48.9 Å². The molecule has 0 spiro atoms. The van der Waals surface area contributed by atoms with Gasteiger partial charge in [0.15, 0.2) is 0 Å². The molecule has 18 heavy (non-hydrogen) atoms. The Labute approximate surface area is 107 Å². The molecule has 0 saturated carbocycles. The Hall–Kier alpha value is -1.35. The first-order valence-corrected chi connectivity index (χ1v) is 6.53. The zero-order valence-electron chi connectivity index (χ0n) is 11.0. The van der Waals surface area contributed by atoms with Crippen molar-refractivity contribution in [1.82, 2.24) is 4.57 Å². The molecule has 1 unspecified atom stereocenters. The Morgan fingerprint density at radius 3 is 2.94 bits per heavy atom. The van der Waals surface area contributed by atoms with Crippen molar-refractivity contribution in [3.63, 3.8) is 0 Å². The third kappa shape index (κ3) is 3.10. The highest BCUT2D eigenvalue weighted by molar-refractivity contribution is 5.80. The van der Waals surface area contributed by atoms with Gasteiger partial charge < -0.3 is 9.30 Å². The molecule has 3 heteroatoms. The van der Waals surface area contributed by atoms with Crippen LogP contribution in [0.3, 0.4) is 0 Å². The van der Waals surface area contributed by atoms with Gasteiger partial charge in [0.2, 0.25) is 0 Å². The summed E-state index contributed by atoms with van der Waals surface area (Å²) in [4.78, 5) is 0. The Kier molecular flexibility index (Phi) is 4.37. The second-order valence-corrected chi connectivity index (χ2v) is 4.76. The number of benzene rings is 1. The first kappa shape index (κ1) is 13.1. The smallest absolute Gasteiger partial charge is 0.125 e. The van der Waals surface area contributed by atoms with Gasteiger partial charge in [0.1, 0.15) is 5.82 Å².